The van der Waals surface area contributed by atoms with Crippen LogP contribution in [0.2, 0.25) is 0 Å². The summed E-state index contributed by atoms with van der Waals surface area (Å²) in [5.74, 6) is 0. The summed E-state index contributed by atoms with van der Waals surface area (Å²) in [5, 5.41) is 70.9. The number of aliphatic hydroxyl groups excluding tert-OH is 7. The molecule has 2 heterocycles. The average Bonchev–Trinajstić information content (AvgIpc) is 2.79. The highest BCUT2D eigenvalue weighted by Gasteiger charge is 2.51. The summed E-state index contributed by atoms with van der Waals surface area (Å²) in [7, 11) is 0. The van der Waals surface area contributed by atoms with Crippen molar-refractivity contribution in [2.45, 2.75) is 98.2 Å². The molecule has 15 N–H and O–H groups in total. The molecule has 202 valence electrons. The van der Waals surface area contributed by atoms with Crippen LogP contribution in [0, 0.1) is 0 Å². The molecule has 0 radical (unpaired) electrons. The van der Waals surface area contributed by atoms with Crippen LogP contribution in [0.3, 0.4) is 0 Å². The van der Waals surface area contributed by atoms with Crippen LogP contribution in [0.25, 0.3) is 0 Å². The van der Waals surface area contributed by atoms with Gasteiger partial charge in [-0.3, -0.25) is 4.70 Å². The fraction of sp³-hybridized carbons (Fsp3) is 1.00. The SMILES string of the molecule is F.NC[C@H]1O[C@H](O[C@H]2[C@H](O)[C@@H](O[C@H]3O[C@H](CO)[C@@H](O)[C@H](N)[C@H]3O)[C@H](N)C[C@@H]2N)[C@H](O)[C@@H](O)[C@@H]1O. The summed E-state index contributed by atoms with van der Waals surface area (Å²) in [5.41, 5.74) is 23.5. The van der Waals surface area contributed by atoms with Gasteiger partial charge in [-0.15, -0.1) is 0 Å². The van der Waals surface area contributed by atoms with Crippen molar-refractivity contribution in [1.82, 2.24) is 0 Å². The van der Waals surface area contributed by atoms with Gasteiger partial charge in [-0.2, -0.15) is 0 Å². The molecule has 0 spiro atoms. The van der Waals surface area contributed by atoms with Crippen molar-refractivity contribution in [3.05, 3.63) is 0 Å². The van der Waals surface area contributed by atoms with Crippen LogP contribution in [0.1, 0.15) is 6.42 Å². The summed E-state index contributed by atoms with van der Waals surface area (Å²) in [6, 6.07) is -2.86. The molecule has 0 amide bonds. The minimum atomic E-state index is -1.66. The maximum Gasteiger partial charge on any atom is 0.187 e. The molecular weight excluding hydrogens is 467 g/mol. The Hall–Kier alpha value is -0.670. The molecule has 0 aromatic heterocycles. The highest BCUT2D eigenvalue weighted by Crippen LogP contribution is 2.31. The summed E-state index contributed by atoms with van der Waals surface area (Å²) in [6.45, 7) is -0.763. The maximum atomic E-state index is 10.9. The van der Waals surface area contributed by atoms with Gasteiger partial charge >= 0.3 is 0 Å². The Morgan fingerprint density at radius 3 is 1.68 bits per heavy atom. The lowest BCUT2D eigenvalue weighted by molar-refractivity contribution is -0.332. The third kappa shape index (κ3) is 5.66. The molecule has 16 heteroatoms. The standard InChI is InChI=1S/C18H36N4O11.FH/c19-2-6-10(25)12(27)13(28)18(30-6)33-16-5(21)1-4(20)15(14(16)29)32-17-11(26)8(22)9(24)7(3-23)31-17;/h4-18,23-29H,1-3,19-22H2;1H/t4-,5+,6-,7-,8+,9-,10-,11-,12+,13-,14-,15+,16-,17-,18-;/m1./s1. The molecule has 3 aliphatic rings. The summed E-state index contributed by atoms with van der Waals surface area (Å²) < 4.78 is 22.2. The molecule has 3 rings (SSSR count). The Bertz CT molecular complexity index is 591. The second kappa shape index (κ2) is 12.0. The number of nitrogens with two attached hydrogens (primary N) is 4. The van der Waals surface area contributed by atoms with Crippen molar-refractivity contribution in [1.29, 1.82) is 0 Å². The zero-order valence-electron chi connectivity index (χ0n) is 18.3. The second-order valence-corrected chi connectivity index (χ2v) is 8.79. The van der Waals surface area contributed by atoms with Crippen molar-refractivity contribution in [2.75, 3.05) is 13.2 Å². The van der Waals surface area contributed by atoms with Gasteiger partial charge in [0, 0.05) is 18.6 Å². The summed E-state index contributed by atoms with van der Waals surface area (Å²) in [6.07, 6.45) is -16.5. The quantitative estimate of drug-likeness (QED) is 0.160. The van der Waals surface area contributed by atoms with Crippen molar-refractivity contribution in [3.63, 3.8) is 0 Å². The molecule has 15 nitrogen and oxygen atoms in total. The maximum absolute atomic E-state index is 10.9. The fourth-order valence-corrected chi connectivity index (χ4v) is 4.40. The lowest BCUT2D eigenvalue weighted by Crippen LogP contribution is -2.68. The molecule has 0 aromatic rings. The first kappa shape index (κ1) is 29.6. The summed E-state index contributed by atoms with van der Waals surface area (Å²) >= 11 is 0. The van der Waals surface area contributed by atoms with Crippen LogP contribution < -0.4 is 22.9 Å². The van der Waals surface area contributed by atoms with E-state index in [1.54, 1.807) is 0 Å². The Labute approximate surface area is 194 Å². The summed E-state index contributed by atoms with van der Waals surface area (Å²) in [4.78, 5) is 0. The van der Waals surface area contributed by atoms with Crippen molar-refractivity contribution in [2.24, 2.45) is 22.9 Å². The number of halogens is 1. The van der Waals surface area contributed by atoms with Crippen LogP contribution in [0.15, 0.2) is 0 Å². The second-order valence-electron chi connectivity index (χ2n) is 8.79. The van der Waals surface area contributed by atoms with E-state index in [0.717, 1.165) is 0 Å². The van der Waals surface area contributed by atoms with E-state index >= 15 is 0 Å². The number of hydrogen-bond acceptors (Lipinski definition) is 15. The van der Waals surface area contributed by atoms with Gasteiger partial charge in [0.1, 0.15) is 61.0 Å². The van der Waals surface area contributed by atoms with Crippen LogP contribution >= 0.6 is 0 Å². The van der Waals surface area contributed by atoms with E-state index in [9.17, 15) is 35.7 Å². The van der Waals surface area contributed by atoms with Gasteiger partial charge in [-0.25, -0.2) is 0 Å². The molecule has 0 unspecified atom stereocenters. The van der Waals surface area contributed by atoms with Gasteiger partial charge < -0.3 is 77.6 Å². The molecule has 2 saturated heterocycles. The monoisotopic (exact) mass is 504 g/mol. The first-order valence-electron chi connectivity index (χ1n) is 10.8. The highest BCUT2D eigenvalue weighted by atomic mass is 19.0. The van der Waals surface area contributed by atoms with E-state index in [0.29, 0.717) is 0 Å². The predicted octanol–water partition coefficient (Wildman–Crippen LogP) is -7.14. The number of hydrogen-bond donors (Lipinski definition) is 11. The number of ether oxygens (including phenoxy) is 4. The van der Waals surface area contributed by atoms with Crippen LogP contribution in [-0.2, 0) is 18.9 Å². The highest BCUT2D eigenvalue weighted by molar-refractivity contribution is 5.01. The van der Waals surface area contributed by atoms with E-state index in [1.807, 2.05) is 0 Å². The molecule has 15 atom stereocenters. The van der Waals surface area contributed by atoms with E-state index in [2.05, 4.69) is 0 Å². The van der Waals surface area contributed by atoms with Gasteiger partial charge in [0.15, 0.2) is 12.6 Å². The van der Waals surface area contributed by atoms with E-state index in [4.69, 9.17) is 41.9 Å². The molecule has 1 aliphatic carbocycles. The van der Waals surface area contributed by atoms with Gasteiger partial charge in [0.05, 0.1) is 12.6 Å². The van der Waals surface area contributed by atoms with Crippen LogP contribution in [0.5, 0.6) is 0 Å². The first-order valence-corrected chi connectivity index (χ1v) is 10.8. The van der Waals surface area contributed by atoms with Gasteiger partial charge in [-0.1, -0.05) is 0 Å². The lowest BCUT2D eigenvalue weighted by atomic mass is 9.84. The Morgan fingerprint density at radius 1 is 0.676 bits per heavy atom. The van der Waals surface area contributed by atoms with Gasteiger partial charge in [0.25, 0.3) is 0 Å². The Morgan fingerprint density at radius 2 is 1.18 bits per heavy atom. The Balaban J connectivity index is 0.00000408. The Kier molecular flexibility index (Phi) is 10.5. The topological polar surface area (TPSA) is 283 Å². The minimum absolute atomic E-state index is 0. The predicted molar refractivity (Wildman–Crippen MR) is 110 cm³/mol. The molecule has 2 aliphatic heterocycles. The lowest BCUT2D eigenvalue weighted by Gasteiger charge is -2.48. The zero-order chi connectivity index (χ0) is 24.6. The fourth-order valence-electron chi connectivity index (χ4n) is 4.40. The van der Waals surface area contributed by atoms with Crippen LogP contribution in [-0.4, -0.2) is 141 Å². The molecule has 1 saturated carbocycles. The molecular formula is C18H37FN4O11. The van der Waals surface area contributed by atoms with Crippen molar-refractivity contribution >= 4 is 0 Å². The van der Waals surface area contributed by atoms with Crippen LogP contribution in [0.4, 0.5) is 4.70 Å². The average molecular weight is 505 g/mol. The third-order valence-electron chi connectivity index (χ3n) is 6.48. The largest absolute Gasteiger partial charge is 0.394 e. The smallest absolute Gasteiger partial charge is 0.187 e. The molecule has 3 fully saturated rings. The van der Waals surface area contributed by atoms with Crippen molar-refractivity contribution in [3.8, 4) is 0 Å². The van der Waals surface area contributed by atoms with Crippen molar-refractivity contribution < 1.29 is 59.4 Å². The van der Waals surface area contributed by atoms with E-state index in [-0.39, 0.29) is 17.7 Å². The first-order chi connectivity index (χ1) is 15.5. The van der Waals surface area contributed by atoms with Gasteiger partial charge in [0.2, 0.25) is 0 Å². The number of rotatable bonds is 6. The van der Waals surface area contributed by atoms with Gasteiger partial charge in [-0.05, 0) is 6.42 Å². The molecule has 0 aromatic carbocycles. The third-order valence-corrected chi connectivity index (χ3v) is 6.48. The van der Waals surface area contributed by atoms with E-state index in [1.165, 1.54) is 0 Å². The zero-order valence-corrected chi connectivity index (χ0v) is 18.3. The molecule has 34 heavy (non-hydrogen) atoms. The van der Waals surface area contributed by atoms with E-state index < -0.39 is 98.4 Å². The normalized spacial score (nSPS) is 52.1. The minimum Gasteiger partial charge on any atom is -0.394 e. The number of aliphatic hydroxyl groups is 7. The molecule has 0 bridgehead atoms.